The van der Waals surface area contributed by atoms with Gasteiger partial charge in [0.1, 0.15) is 0 Å². The highest BCUT2D eigenvalue weighted by Gasteiger charge is 2.16. The summed E-state index contributed by atoms with van der Waals surface area (Å²) in [7, 11) is 1.80. The van der Waals surface area contributed by atoms with Crippen LogP contribution in [-0.2, 0) is 6.42 Å². The van der Waals surface area contributed by atoms with Gasteiger partial charge < -0.3 is 20.1 Å². The number of guanidine groups is 1. The number of nitrogens with one attached hydrogen (secondary N) is 2. The Labute approximate surface area is 157 Å². The molecule has 2 N–H and O–H groups in total. The molecule has 0 bridgehead atoms. The summed E-state index contributed by atoms with van der Waals surface area (Å²) in [5, 5.41) is 6.74. The number of hydrogen-bond acceptors (Lipinski definition) is 4. The summed E-state index contributed by atoms with van der Waals surface area (Å²) < 4.78 is 11.5. The number of benzene rings is 1. The maximum Gasteiger partial charge on any atom is 0.191 e. The molecular formula is C19H33N3O2S. The average Bonchev–Trinajstić information content (AvgIpc) is 2.60. The second-order valence-electron chi connectivity index (χ2n) is 6.21. The van der Waals surface area contributed by atoms with Crippen LogP contribution in [0.15, 0.2) is 23.2 Å². The first-order chi connectivity index (χ1) is 12.0. The van der Waals surface area contributed by atoms with E-state index in [1.165, 1.54) is 5.56 Å². The van der Waals surface area contributed by atoms with E-state index >= 15 is 0 Å². The van der Waals surface area contributed by atoms with Gasteiger partial charge in [-0.05, 0) is 58.1 Å². The smallest absolute Gasteiger partial charge is 0.191 e. The van der Waals surface area contributed by atoms with Crippen molar-refractivity contribution >= 4 is 17.7 Å². The fourth-order valence-electron chi connectivity index (χ4n) is 2.17. The van der Waals surface area contributed by atoms with Gasteiger partial charge in [0.15, 0.2) is 17.5 Å². The van der Waals surface area contributed by atoms with Gasteiger partial charge in [-0.3, -0.25) is 4.99 Å². The van der Waals surface area contributed by atoms with Crippen LogP contribution in [0.5, 0.6) is 11.5 Å². The molecule has 0 unspecified atom stereocenters. The topological polar surface area (TPSA) is 54.9 Å². The van der Waals surface area contributed by atoms with Crippen molar-refractivity contribution in [3.63, 3.8) is 0 Å². The summed E-state index contributed by atoms with van der Waals surface area (Å²) in [4.78, 5) is 4.28. The van der Waals surface area contributed by atoms with Crippen LogP contribution in [-0.4, -0.2) is 50.3 Å². The highest BCUT2D eigenvalue weighted by Crippen LogP contribution is 2.28. The number of aliphatic imine (C=N–C) groups is 1. The van der Waals surface area contributed by atoms with Gasteiger partial charge >= 0.3 is 0 Å². The Balaban J connectivity index is 2.55. The van der Waals surface area contributed by atoms with Crippen LogP contribution in [0.4, 0.5) is 0 Å². The fraction of sp³-hybridized carbons (Fsp3) is 0.632. The SMILES string of the molecule is CCOc1ccc(CCNC(=NC)NCC(C)(C)SC)cc1OCC. The first-order valence-electron chi connectivity index (χ1n) is 8.84. The molecule has 142 valence electrons. The number of nitrogens with zero attached hydrogens (tertiary/aromatic N) is 1. The quantitative estimate of drug-likeness (QED) is 0.491. The van der Waals surface area contributed by atoms with Crippen molar-refractivity contribution in [2.45, 2.75) is 38.9 Å². The van der Waals surface area contributed by atoms with Crippen LogP contribution in [0.3, 0.4) is 0 Å². The van der Waals surface area contributed by atoms with Crippen LogP contribution in [0, 0.1) is 0 Å². The van der Waals surface area contributed by atoms with Gasteiger partial charge in [-0.1, -0.05) is 6.07 Å². The molecule has 1 rings (SSSR count). The molecule has 0 spiro atoms. The van der Waals surface area contributed by atoms with E-state index in [1.54, 1.807) is 7.05 Å². The largest absolute Gasteiger partial charge is 0.490 e. The van der Waals surface area contributed by atoms with Gasteiger partial charge in [-0.25, -0.2) is 0 Å². The molecule has 0 radical (unpaired) electrons. The minimum atomic E-state index is 0.180. The first-order valence-corrected chi connectivity index (χ1v) is 10.1. The average molecular weight is 368 g/mol. The maximum absolute atomic E-state index is 5.68. The van der Waals surface area contributed by atoms with Crippen molar-refractivity contribution < 1.29 is 9.47 Å². The summed E-state index contributed by atoms with van der Waals surface area (Å²) in [5.41, 5.74) is 1.21. The monoisotopic (exact) mass is 367 g/mol. The second-order valence-corrected chi connectivity index (χ2v) is 7.73. The van der Waals surface area contributed by atoms with Crippen molar-refractivity contribution in [3.8, 4) is 11.5 Å². The third kappa shape index (κ3) is 7.90. The summed E-state index contributed by atoms with van der Waals surface area (Å²) >= 11 is 1.84. The third-order valence-electron chi connectivity index (χ3n) is 3.77. The molecule has 25 heavy (non-hydrogen) atoms. The van der Waals surface area contributed by atoms with Gasteiger partial charge in [0.25, 0.3) is 0 Å². The molecule has 6 heteroatoms. The molecule has 5 nitrogen and oxygen atoms in total. The van der Waals surface area contributed by atoms with Gasteiger partial charge in [0, 0.05) is 24.9 Å². The van der Waals surface area contributed by atoms with Crippen molar-refractivity contribution in [1.82, 2.24) is 10.6 Å². The van der Waals surface area contributed by atoms with Crippen LogP contribution < -0.4 is 20.1 Å². The van der Waals surface area contributed by atoms with E-state index in [4.69, 9.17) is 9.47 Å². The van der Waals surface area contributed by atoms with Crippen molar-refractivity contribution in [1.29, 1.82) is 0 Å². The lowest BCUT2D eigenvalue weighted by Crippen LogP contribution is -2.43. The zero-order valence-electron chi connectivity index (χ0n) is 16.4. The number of hydrogen-bond donors (Lipinski definition) is 2. The second kappa shape index (κ2) is 11.1. The van der Waals surface area contributed by atoms with E-state index in [9.17, 15) is 0 Å². The van der Waals surface area contributed by atoms with E-state index in [0.717, 1.165) is 37.0 Å². The van der Waals surface area contributed by atoms with Gasteiger partial charge in [0.2, 0.25) is 0 Å². The molecule has 1 aromatic rings. The molecule has 0 saturated heterocycles. The van der Waals surface area contributed by atoms with Crippen molar-refractivity contribution in [2.24, 2.45) is 4.99 Å². The molecule has 0 atom stereocenters. The van der Waals surface area contributed by atoms with E-state index in [2.05, 4.69) is 47.9 Å². The Kier molecular flexibility index (Phi) is 9.57. The number of ether oxygens (including phenoxy) is 2. The predicted octanol–water partition coefficient (Wildman–Crippen LogP) is 3.33. The molecule has 0 aliphatic heterocycles. The summed E-state index contributed by atoms with van der Waals surface area (Å²) in [5.74, 6) is 2.45. The van der Waals surface area contributed by atoms with E-state index in [-0.39, 0.29) is 4.75 Å². The van der Waals surface area contributed by atoms with Crippen LogP contribution >= 0.6 is 11.8 Å². The van der Waals surface area contributed by atoms with E-state index in [0.29, 0.717) is 13.2 Å². The third-order valence-corrected chi connectivity index (χ3v) is 5.02. The molecule has 0 aliphatic carbocycles. The van der Waals surface area contributed by atoms with Crippen molar-refractivity contribution in [3.05, 3.63) is 23.8 Å². The standard InChI is InChI=1S/C19H33N3O2S/c1-7-23-16-10-9-15(13-17(16)24-8-2)11-12-21-18(20-5)22-14-19(3,4)25-6/h9-10,13H,7-8,11-12,14H2,1-6H3,(H2,20,21,22). The lowest BCUT2D eigenvalue weighted by molar-refractivity contribution is 0.287. The molecule has 0 amide bonds. The highest BCUT2D eigenvalue weighted by molar-refractivity contribution is 7.99. The lowest BCUT2D eigenvalue weighted by Gasteiger charge is -2.23. The minimum absolute atomic E-state index is 0.180. The van der Waals surface area contributed by atoms with Crippen LogP contribution in [0.25, 0.3) is 0 Å². The van der Waals surface area contributed by atoms with E-state index < -0.39 is 0 Å². The fourth-order valence-corrected chi connectivity index (χ4v) is 2.38. The molecule has 0 saturated carbocycles. The highest BCUT2D eigenvalue weighted by atomic mass is 32.2. The number of thioether (sulfide) groups is 1. The summed E-state index contributed by atoms with van der Waals surface area (Å²) in [6, 6.07) is 6.13. The zero-order chi connectivity index (χ0) is 18.7. The molecule has 0 aliphatic rings. The lowest BCUT2D eigenvalue weighted by atomic mass is 10.1. The first kappa shape index (κ1) is 21.5. The molecule has 0 fully saturated rings. The Bertz CT molecular complexity index is 547. The minimum Gasteiger partial charge on any atom is -0.490 e. The zero-order valence-corrected chi connectivity index (χ0v) is 17.3. The molecule has 1 aromatic carbocycles. The Morgan fingerprint density at radius 3 is 2.40 bits per heavy atom. The Morgan fingerprint density at radius 1 is 1.12 bits per heavy atom. The Morgan fingerprint density at radius 2 is 1.80 bits per heavy atom. The maximum atomic E-state index is 5.68. The van der Waals surface area contributed by atoms with Gasteiger partial charge in [-0.2, -0.15) is 11.8 Å². The molecule has 0 aromatic heterocycles. The molecular weight excluding hydrogens is 334 g/mol. The Hall–Kier alpha value is -1.56. The summed E-state index contributed by atoms with van der Waals surface area (Å²) in [6.45, 7) is 11.3. The predicted molar refractivity (Wildman–Crippen MR) is 109 cm³/mol. The number of rotatable bonds is 10. The van der Waals surface area contributed by atoms with Crippen molar-refractivity contribution in [2.75, 3.05) is 39.6 Å². The van der Waals surface area contributed by atoms with Crippen LogP contribution in [0.1, 0.15) is 33.3 Å². The van der Waals surface area contributed by atoms with E-state index in [1.807, 2.05) is 31.7 Å². The summed E-state index contributed by atoms with van der Waals surface area (Å²) in [6.07, 6.45) is 3.01. The normalized spacial score (nSPS) is 12.0. The van der Waals surface area contributed by atoms with Gasteiger partial charge in [-0.15, -0.1) is 0 Å². The van der Waals surface area contributed by atoms with Crippen LogP contribution in [0.2, 0.25) is 0 Å². The van der Waals surface area contributed by atoms with Gasteiger partial charge in [0.05, 0.1) is 13.2 Å². The molecule has 0 heterocycles.